The smallest absolute Gasteiger partial charge is 0.109 e. The summed E-state index contributed by atoms with van der Waals surface area (Å²) in [5, 5.41) is 38.8. The molecule has 124 valence electrons. The molecule has 0 aromatic rings. The van der Waals surface area contributed by atoms with E-state index in [2.05, 4.69) is 0 Å². The Bertz CT molecular complexity index is 296. The lowest BCUT2D eigenvalue weighted by atomic mass is 9.85. The number of likely N-dealkylation sites (tertiary alicyclic amines) is 1. The Kier molecular flexibility index (Phi) is 6.89. The number of unbranched alkanes of at least 4 members (excludes halogenated alkanes) is 1. The predicted octanol–water partition coefficient (Wildman–Crippen LogP) is 0.496. The zero-order chi connectivity index (χ0) is 15.2. The summed E-state index contributed by atoms with van der Waals surface area (Å²) in [6, 6.07) is -0.460. The van der Waals surface area contributed by atoms with Gasteiger partial charge in [0.15, 0.2) is 0 Å². The van der Waals surface area contributed by atoms with Crippen molar-refractivity contribution in [1.82, 2.24) is 4.90 Å². The van der Waals surface area contributed by atoms with Gasteiger partial charge in [0.25, 0.3) is 0 Å². The van der Waals surface area contributed by atoms with Crippen LogP contribution in [-0.4, -0.2) is 69.4 Å². The lowest BCUT2D eigenvalue weighted by molar-refractivity contribution is -0.145. The molecule has 2 aliphatic rings. The van der Waals surface area contributed by atoms with E-state index in [-0.39, 0.29) is 6.61 Å². The van der Waals surface area contributed by atoms with Crippen molar-refractivity contribution in [2.75, 3.05) is 19.7 Å². The number of nitrogens with zero attached hydrogens (tertiary/aromatic N) is 1. The Labute approximate surface area is 127 Å². The van der Waals surface area contributed by atoms with Crippen molar-refractivity contribution in [1.29, 1.82) is 0 Å². The van der Waals surface area contributed by atoms with Crippen LogP contribution in [0.5, 0.6) is 0 Å². The molecule has 0 bridgehead atoms. The molecule has 0 amide bonds. The first-order valence-electron chi connectivity index (χ1n) is 8.52. The molecule has 0 unspecified atom stereocenters. The zero-order valence-corrected chi connectivity index (χ0v) is 12.9. The van der Waals surface area contributed by atoms with E-state index in [9.17, 15) is 20.4 Å². The molecule has 0 spiro atoms. The number of piperidine rings is 1. The molecular formula is C16H31NO4. The fraction of sp³-hybridized carbons (Fsp3) is 1.00. The van der Waals surface area contributed by atoms with Gasteiger partial charge in [-0.2, -0.15) is 0 Å². The molecule has 0 aromatic heterocycles. The summed E-state index contributed by atoms with van der Waals surface area (Å²) in [5.74, 6) is 0.881. The van der Waals surface area contributed by atoms with Crippen LogP contribution in [0.4, 0.5) is 0 Å². The van der Waals surface area contributed by atoms with Crippen LogP contribution in [0.25, 0.3) is 0 Å². The third-order valence-corrected chi connectivity index (χ3v) is 5.25. The first kappa shape index (κ1) is 17.2. The van der Waals surface area contributed by atoms with Gasteiger partial charge in [-0.3, -0.25) is 4.90 Å². The Hall–Kier alpha value is -0.200. The van der Waals surface area contributed by atoms with Gasteiger partial charge in [-0.1, -0.05) is 44.9 Å². The van der Waals surface area contributed by atoms with E-state index in [0.29, 0.717) is 6.54 Å². The summed E-state index contributed by atoms with van der Waals surface area (Å²) >= 11 is 0. The van der Waals surface area contributed by atoms with Crippen molar-refractivity contribution in [3.8, 4) is 0 Å². The number of hydrogen-bond donors (Lipinski definition) is 4. The molecule has 4 atom stereocenters. The second-order valence-electron chi connectivity index (χ2n) is 6.79. The van der Waals surface area contributed by atoms with Gasteiger partial charge in [0.05, 0.1) is 18.8 Å². The van der Waals surface area contributed by atoms with Crippen molar-refractivity contribution in [3.63, 3.8) is 0 Å². The predicted molar refractivity (Wildman–Crippen MR) is 80.9 cm³/mol. The second-order valence-corrected chi connectivity index (χ2v) is 6.79. The van der Waals surface area contributed by atoms with Gasteiger partial charge >= 0.3 is 0 Å². The van der Waals surface area contributed by atoms with Crippen molar-refractivity contribution in [2.24, 2.45) is 5.92 Å². The van der Waals surface area contributed by atoms with Gasteiger partial charge in [0, 0.05) is 6.54 Å². The second kappa shape index (κ2) is 8.44. The molecular weight excluding hydrogens is 270 g/mol. The Morgan fingerprint density at radius 2 is 1.62 bits per heavy atom. The molecule has 1 aliphatic heterocycles. The van der Waals surface area contributed by atoms with E-state index in [1.807, 2.05) is 4.90 Å². The van der Waals surface area contributed by atoms with Crippen LogP contribution in [0.1, 0.15) is 51.4 Å². The van der Waals surface area contributed by atoms with Gasteiger partial charge in [-0.15, -0.1) is 0 Å². The number of aliphatic hydroxyl groups is 4. The number of hydrogen-bond acceptors (Lipinski definition) is 5. The molecule has 0 radical (unpaired) electrons. The van der Waals surface area contributed by atoms with E-state index < -0.39 is 24.4 Å². The first-order chi connectivity index (χ1) is 10.1. The summed E-state index contributed by atoms with van der Waals surface area (Å²) in [4.78, 5) is 1.92. The molecule has 1 aliphatic carbocycles. The average molecular weight is 301 g/mol. The van der Waals surface area contributed by atoms with Crippen LogP contribution in [-0.2, 0) is 0 Å². The third-order valence-electron chi connectivity index (χ3n) is 5.25. The van der Waals surface area contributed by atoms with E-state index in [1.54, 1.807) is 0 Å². The minimum absolute atomic E-state index is 0.187. The van der Waals surface area contributed by atoms with Crippen molar-refractivity contribution in [2.45, 2.75) is 75.7 Å². The van der Waals surface area contributed by atoms with Crippen LogP contribution in [0, 0.1) is 5.92 Å². The topological polar surface area (TPSA) is 84.2 Å². The highest BCUT2D eigenvalue weighted by atomic mass is 16.4. The van der Waals surface area contributed by atoms with Crippen LogP contribution in [0.3, 0.4) is 0 Å². The third kappa shape index (κ3) is 4.63. The molecule has 0 aromatic carbocycles. The largest absolute Gasteiger partial charge is 0.395 e. The van der Waals surface area contributed by atoms with Gasteiger partial charge in [-0.25, -0.2) is 0 Å². The number of aliphatic hydroxyl groups excluding tert-OH is 4. The molecule has 1 saturated carbocycles. The van der Waals surface area contributed by atoms with E-state index in [1.165, 1.54) is 38.5 Å². The highest BCUT2D eigenvalue weighted by Crippen LogP contribution is 2.28. The number of rotatable bonds is 6. The maximum atomic E-state index is 9.93. The monoisotopic (exact) mass is 301 g/mol. The summed E-state index contributed by atoms with van der Waals surface area (Å²) in [5.41, 5.74) is 0. The summed E-state index contributed by atoms with van der Waals surface area (Å²) in [6.07, 6.45) is 7.17. The quantitative estimate of drug-likeness (QED) is 0.537. The van der Waals surface area contributed by atoms with Crippen molar-refractivity contribution < 1.29 is 20.4 Å². The van der Waals surface area contributed by atoms with Gasteiger partial charge in [0.2, 0.25) is 0 Å². The normalized spacial score (nSPS) is 36.0. The molecule has 1 saturated heterocycles. The molecule has 1 heterocycles. The SMILES string of the molecule is OC[C@@H]1[C@@H](O)[C@H](O)[C@@H](O)CN1CCCCC1CCCCC1. The van der Waals surface area contributed by atoms with Crippen LogP contribution < -0.4 is 0 Å². The van der Waals surface area contributed by atoms with Crippen molar-refractivity contribution in [3.05, 3.63) is 0 Å². The lowest BCUT2D eigenvalue weighted by Crippen LogP contribution is -2.62. The Morgan fingerprint density at radius 3 is 2.29 bits per heavy atom. The molecule has 21 heavy (non-hydrogen) atoms. The summed E-state index contributed by atoms with van der Waals surface area (Å²) < 4.78 is 0. The fourth-order valence-electron chi connectivity index (χ4n) is 3.86. The van der Waals surface area contributed by atoms with Crippen molar-refractivity contribution >= 4 is 0 Å². The van der Waals surface area contributed by atoms with Crippen LogP contribution in [0.2, 0.25) is 0 Å². The fourth-order valence-corrected chi connectivity index (χ4v) is 3.86. The Morgan fingerprint density at radius 1 is 0.905 bits per heavy atom. The molecule has 4 N–H and O–H groups in total. The van der Waals surface area contributed by atoms with Gasteiger partial charge in [-0.05, 0) is 18.9 Å². The van der Waals surface area contributed by atoms with E-state index in [4.69, 9.17) is 0 Å². The highest BCUT2D eigenvalue weighted by Gasteiger charge is 2.40. The van der Waals surface area contributed by atoms with Gasteiger partial charge in [0.1, 0.15) is 12.2 Å². The minimum Gasteiger partial charge on any atom is -0.395 e. The summed E-state index contributed by atoms with van der Waals surface area (Å²) in [7, 11) is 0. The molecule has 5 heteroatoms. The molecule has 2 rings (SSSR count). The summed E-state index contributed by atoms with van der Waals surface area (Å²) in [6.45, 7) is 0.902. The first-order valence-corrected chi connectivity index (χ1v) is 8.52. The van der Waals surface area contributed by atoms with Crippen LogP contribution >= 0.6 is 0 Å². The van der Waals surface area contributed by atoms with E-state index in [0.717, 1.165) is 25.3 Å². The maximum Gasteiger partial charge on any atom is 0.109 e. The standard InChI is InChI=1S/C16H31NO4/c18-11-13-15(20)16(21)14(19)10-17(13)9-5-4-8-12-6-2-1-3-7-12/h12-16,18-21H,1-11H2/t13-,14+,15-,16-/m1/s1. The average Bonchev–Trinajstić information content (AvgIpc) is 2.50. The van der Waals surface area contributed by atoms with E-state index >= 15 is 0 Å². The number of β-amino-alcohol motifs (C(OH)–C–C–N with tert-alkyl or cyclic N) is 1. The van der Waals surface area contributed by atoms with Crippen LogP contribution in [0.15, 0.2) is 0 Å². The minimum atomic E-state index is -1.15. The lowest BCUT2D eigenvalue weighted by Gasteiger charge is -2.43. The highest BCUT2D eigenvalue weighted by molar-refractivity contribution is 4.94. The Balaban J connectivity index is 1.70. The maximum absolute atomic E-state index is 9.93. The zero-order valence-electron chi connectivity index (χ0n) is 12.9. The molecule has 5 nitrogen and oxygen atoms in total. The molecule has 2 fully saturated rings. The van der Waals surface area contributed by atoms with Gasteiger partial charge < -0.3 is 20.4 Å².